The first-order valence-electron chi connectivity index (χ1n) is 10.2. The van der Waals surface area contributed by atoms with E-state index in [-0.39, 0.29) is 11.8 Å². The second-order valence-electron chi connectivity index (χ2n) is 7.07. The van der Waals surface area contributed by atoms with Crippen LogP contribution < -0.4 is 10.2 Å². The fourth-order valence-corrected chi connectivity index (χ4v) is 3.48. The minimum Gasteiger partial charge on any atom is -0.372 e. The van der Waals surface area contributed by atoms with Gasteiger partial charge < -0.3 is 15.1 Å². The van der Waals surface area contributed by atoms with Gasteiger partial charge in [0, 0.05) is 64.0 Å². The Kier molecular flexibility index (Phi) is 8.58. The van der Waals surface area contributed by atoms with E-state index in [0.29, 0.717) is 6.42 Å². The molecule has 1 aliphatic heterocycles. The third-order valence-corrected chi connectivity index (χ3v) is 5.23. The van der Waals surface area contributed by atoms with Gasteiger partial charge in [-0.15, -0.1) is 0 Å². The van der Waals surface area contributed by atoms with Crippen LogP contribution >= 0.6 is 0 Å². The topological polar surface area (TPSA) is 55.9 Å². The van der Waals surface area contributed by atoms with E-state index in [1.165, 1.54) is 5.69 Å². The van der Waals surface area contributed by atoms with E-state index in [1.807, 2.05) is 17.0 Å². The molecule has 0 aromatic heterocycles. The normalized spacial score (nSPS) is 14.9. The zero-order valence-corrected chi connectivity index (χ0v) is 17.0. The summed E-state index contributed by atoms with van der Waals surface area (Å²) in [6.45, 7) is 12.4. The summed E-state index contributed by atoms with van der Waals surface area (Å²) < 4.78 is 0. The van der Waals surface area contributed by atoms with Crippen molar-refractivity contribution < 1.29 is 9.59 Å². The Hall–Kier alpha value is -2.08. The molecular weight excluding hydrogens is 340 g/mol. The molecule has 0 aliphatic carbocycles. The van der Waals surface area contributed by atoms with Crippen molar-refractivity contribution in [3.8, 4) is 0 Å². The average molecular weight is 375 g/mol. The van der Waals surface area contributed by atoms with E-state index in [2.05, 4.69) is 41.1 Å². The maximum Gasteiger partial charge on any atom is 0.224 e. The number of benzene rings is 1. The third kappa shape index (κ3) is 6.86. The molecule has 1 heterocycles. The molecule has 1 aromatic rings. The lowest BCUT2D eigenvalue weighted by Crippen LogP contribution is -2.48. The summed E-state index contributed by atoms with van der Waals surface area (Å²) in [6, 6.07) is 8.06. The van der Waals surface area contributed by atoms with Crippen LogP contribution in [0.25, 0.3) is 0 Å². The van der Waals surface area contributed by atoms with Crippen molar-refractivity contribution in [3.63, 3.8) is 0 Å². The highest BCUT2D eigenvalue weighted by Gasteiger charge is 2.17. The number of carbonyl (C=O) groups is 2. The Morgan fingerprint density at radius 1 is 1.00 bits per heavy atom. The molecule has 0 radical (unpaired) electrons. The Balaban J connectivity index is 1.63. The number of carbonyl (C=O) groups excluding carboxylic acids is 2. The maximum atomic E-state index is 12.1. The number of unbranched alkanes of at least 4 members (excludes halogenated alkanes) is 1. The zero-order chi connectivity index (χ0) is 19.6. The first-order chi connectivity index (χ1) is 13.0. The van der Waals surface area contributed by atoms with Crippen LogP contribution in [0.5, 0.6) is 0 Å². The molecule has 1 aliphatic rings. The molecule has 2 amide bonds. The Labute approximate surface area is 163 Å². The average Bonchev–Trinajstić information content (AvgIpc) is 2.68. The lowest BCUT2D eigenvalue weighted by Gasteiger charge is -2.34. The van der Waals surface area contributed by atoms with E-state index in [9.17, 15) is 9.59 Å². The van der Waals surface area contributed by atoms with Crippen molar-refractivity contribution in [2.75, 3.05) is 56.0 Å². The molecule has 1 saturated heterocycles. The Bertz CT molecular complexity index is 591. The highest BCUT2D eigenvalue weighted by Crippen LogP contribution is 2.18. The smallest absolute Gasteiger partial charge is 0.224 e. The fourth-order valence-electron chi connectivity index (χ4n) is 3.48. The number of rotatable bonds is 9. The Morgan fingerprint density at radius 2 is 1.63 bits per heavy atom. The van der Waals surface area contributed by atoms with Crippen LogP contribution in [0, 0.1) is 0 Å². The number of piperazine rings is 1. The molecular formula is C21H34N4O2. The van der Waals surface area contributed by atoms with Crippen LogP contribution in [0.3, 0.4) is 0 Å². The highest BCUT2D eigenvalue weighted by atomic mass is 16.2. The van der Waals surface area contributed by atoms with Crippen molar-refractivity contribution >= 4 is 23.2 Å². The predicted molar refractivity (Wildman–Crippen MR) is 111 cm³/mol. The van der Waals surface area contributed by atoms with Crippen molar-refractivity contribution in [1.82, 2.24) is 9.80 Å². The molecule has 1 aromatic carbocycles. The summed E-state index contributed by atoms with van der Waals surface area (Å²) >= 11 is 0. The molecule has 6 nitrogen and oxygen atoms in total. The number of nitrogens with zero attached hydrogens (tertiary/aromatic N) is 3. The molecule has 0 atom stereocenters. The third-order valence-electron chi connectivity index (χ3n) is 5.23. The molecule has 27 heavy (non-hydrogen) atoms. The number of nitrogens with one attached hydrogen (secondary N) is 1. The van der Waals surface area contributed by atoms with Gasteiger partial charge in [-0.05, 0) is 57.5 Å². The van der Waals surface area contributed by atoms with Crippen molar-refractivity contribution in [2.45, 2.75) is 40.0 Å². The van der Waals surface area contributed by atoms with Crippen molar-refractivity contribution in [2.24, 2.45) is 0 Å². The quantitative estimate of drug-likeness (QED) is 0.676. The van der Waals surface area contributed by atoms with Crippen LogP contribution in [0.4, 0.5) is 11.4 Å². The maximum absolute atomic E-state index is 12.1. The van der Waals surface area contributed by atoms with Gasteiger partial charge in [-0.25, -0.2) is 0 Å². The van der Waals surface area contributed by atoms with Crippen molar-refractivity contribution in [3.05, 3.63) is 24.3 Å². The summed E-state index contributed by atoms with van der Waals surface area (Å²) in [5, 5.41) is 2.99. The number of hydrogen-bond acceptors (Lipinski definition) is 4. The minimum atomic E-state index is 0.0759. The van der Waals surface area contributed by atoms with Crippen molar-refractivity contribution in [1.29, 1.82) is 0 Å². The first-order valence-corrected chi connectivity index (χ1v) is 10.2. The second-order valence-corrected chi connectivity index (χ2v) is 7.07. The van der Waals surface area contributed by atoms with Crippen LogP contribution in [-0.2, 0) is 9.59 Å². The standard InChI is InChI=1S/C21H34N4O2/c1-4-24(5-2)20-11-9-19(10-12-20)22-21(27)8-6-7-13-23-14-16-25(17-15-23)18(3)26/h9-12H,4-8,13-17H2,1-3H3,(H,22,27). The van der Waals surface area contributed by atoms with Crippen LogP contribution in [0.1, 0.15) is 40.0 Å². The number of hydrogen-bond donors (Lipinski definition) is 1. The van der Waals surface area contributed by atoms with E-state index < -0.39 is 0 Å². The monoisotopic (exact) mass is 374 g/mol. The first kappa shape index (κ1) is 21.2. The molecule has 2 rings (SSSR count). The molecule has 150 valence electrons. The van der Waals surface area contributed by atoms with Gasteiger partial charge in [0.1, 0.15) is 0 Å². The van der Waals surface area contributed by atoms with Gasteiger partial charge in [0.25, 0.3) is 0 Å². The van der Waals surface area contributed by atoms with Crippen LogP contribution in [0.2, 0.25) is 0 Å². The zero-order valence-electron chi connectivity index (χ0n) is 17.0. The van der Waals surface area contributed by atoms with Gasteiger partial charge in [0.05, 0.1) is 0 Å². The van der Waals surface area contributed by atoms with Gasteiger partial charge >= 0.3 is 0 Å². The van der Waals surface area contributed by atoms with Gasteiger partial charge in [0.15, 0.2) is 0 Å². The lowest BCUT2D eigenvalue weighted by atomic mass is 10.2. The molecule has 6 heteroatoms. The van der Waals surface area contributed by atoms with E-state index >= 15 is 0 Å². The van der Waals surface area contributed by atoms with Gasteiger partial charge in [-0.2, -0.15) is 0 Å². The highest BCUT2D eigenvalue weighted by molar-refractivity contribution is 5.90. The second kappa shape index (κ2) is 10.9. The predicted octanol–water partition coefficient (Wildman–Crippen LogP) is 2.81. The fraction of sp³-hybridized carbons (Fsp3) is 0.619. The molecule has 1 fully saturated rings. The molecule has 0 spiro atoms. The van der Waals surface area contributed by atoms with E-state index in [0.717, 1.165) is 64.3 Å². The summed E-state index contributed by atoms with van der Waals surface area (Å²) in [5.41, 5.74) is 2.04. The Morgan fingerprint density at radius 3 is 2.19 bits per heavy atom. The number of amides is 2. The van der Waals surface area contributed by atoms with Crippen LogP contribution in [-0.4, -0.2) is 67.4 Å². The molecule has 1 N–H and O–H groups in total. The lowest BCUT2D eigenvalue weighted by molar-refractivity contribution is -0.130. The SMILES string of the molecule is CCN(CC)c1ccc(NC(=O)CCCCN2CCN(C(C)=O)CC2)cc1. The number of anilines is 2. The van der Waals surface area contributed by atoms with Gasteiger partial charge in [-0.1, -0.05) is 0 Å². The van der Waals surface area contributed by atoms with Crippen LogP contribution in [0.15, 0.2) is 24.3 Å². The summed E-state index contributed by atoms with van der Waals surface area (Å²) in [5.74, 6) is 0.239. The van der Waals surface area contributed by atoms with E-state index in [1.54, 1.807) is 6.92 Å². The molecule has 0 unspecified atom stereocenters. The van der Waals surface area contributed by atoms with Gasteiger partial charge in [-0.3, -0.25) is 14.5 Å². The summed E-state index contributed by atoms with van der Waals surface area (Å²) in [6.07, 6.45) is 2.44. The summed E-state index contributed by atoms with van der Waals surface area (Å²) in [4.78, 5) is 30.0. The molecule has 0 saturated carbocycles. The molecule has 0 bridgehead atoms. The largest absolute Gasteiger partial charge is 0.372 e. The van der Waals surface area contributed by atoms with E-state index in [4.69, 9.17) is 0 Å². The minimum absolute atomic E-state index is 0.0759. The van der Waals surface area contributed by atoms with Gasteiger partial charge in [0.2, 0.25) is 11.8 Å². The summed E-state index contributed by atoms with van der Waals surface area (Å²) in [7, 11) is 0.